The largest absolute Gasteiger partial charge is 0.451 e. The highest BCUT2D eigenvalue weighted by Crippen LogP contribution is 2.42. The van der Waals surface area contributed by atoms with Crippen molar-refractivity contribution in [1.82, 2.24) is 29.7 Å². The van der Waals surface area contributed by atoms with Crippen LogP contribution in [0.2, 0.25) is 0 Å². The van der Waals surface area contributed by atoms with Crippen molar-refractivity contribution in [3.63, 3.8) is 0 Å². The second kappa shape index (κ2) is 7.67. The minimum absolute atomic E-state index is 0.0863. The van der Waals surface area contributed by atoms with Crippen LogP contribution in [0, 0.1) is 12.3 Å². The molecule has 3 aromatic heterocycles. The lowest BCUT2D eigenvalue weighted by Gasteiger charge is -2.25. The summed E-state index contributed by atoms with van der Waals surface area (Å²) in [5.41, 5.74) is 1.19. The fourth-order valence-corrected chi connectivity index (χ4v) is 4.76. The first-order valence-electron chi connectivity index (χ1n) is 10.6. The number of anilines is 2. The highest BCUT2D eigenvalue weighted by atomic mass is 19.4. The second-order valence-electron chi connectivity index (χ2n) is 8.86. The van der Waals surface area contributed by atoms with E-state index in [9.17, 15) is 26.3 Å². The van der Waals surface area contributed by atoms with Gasteiger partial charge in [-0.05, 0) is 19.8 Å². The molecule has 34 heavy (non-hydrogen) atoms. The van der Waals surface area contributed by atoms with Crippen molar-refractivity contribution in [3.05, 3.63) is 30.1 Å². The van der Waals surface area contributed by atoms with E-state index in [2.05, 4.69) is 25.0 Å². The predicted octanol–water partition coefficient (Wildman–Crippen LogP) is 3.61. The molecule has 0 aliphatic carbocycles. The fourth-order valence-electron chi connectivity index (χ4n) is 4.76. The van der Waals surface area contributed by atoms with Crippen molar-refractivity contribution in [2.24, 2.45) is 5.41 Å². The number of fused-ring (bicyclic) bond motifs is 1. The lowest BCUT2D eigenvalue weighted by Crippen LogP contribution is -2.31. The number of aromatic nitrogens is 6. The molecule has 1 spiro atoms. The molecule has 0 N–H and O–H groups in total. The van der Waals surface area contributed by atoms with Gasteiger partial charge in [-0.15, -0.1) is 0 Å². The van der Waals surface area contributed by atoms with Crippen LogP contribution in [0.4, 0.5) is 37.8 Å². The topological polar surface area (TPSA) is 75.9 Å². The maximum Gasteiger partial charge on any atom is 0.451 e. The molecule has 0 aromatic carbocycles. The minimum Gasteiger partial charge on any atom is -0.368 e. The van der Waals surface area contributed by atoms with E-state index in [1.54, 1.807) is 13.1 Å². The number of hydrogen-bond acceptors (Lipinski definition) is 7. The van der Waals surface area contributed by atoms with Crippen molar-refractivity contribution in [1.29, 1.82) is 0 Å². The lowest BCUT2D eigenvalue weighted by atomic mass is 9.86. The van der Waals surface area contributed by atoms with E-state index in [-0.39, 0.29) is 11.1 Å². The Balaban J connectivity index is 1.32. The maximum atomic E-state index is 12.9. The molecule has 2 aliphatic heterocycles. The van der Waals surface area contributed by atoms with Crippen molar-refractivity contribution >= 4 is 22.7 Å². The van der Waals surface area contributed by atoms with Gasteiger partial charge in [0, 0.05) is 31.6 Å². The van der Waals surface area contributed by atoms with Crippen LogP contribution in [0.3, 0.4) is 0 Å². The van der Waals surface area contributed by atoms with E-state index in [1.165, 1.54) is 12.4 Å². The zero-order chi connectivity index (χ0) is 24.3. The van der Waals surface area contributed by atoms with Crippen LogP contribution in [-0.2, 0) is 12.7 Å². The zero-order valence-corrected chi connectivity index (χ0v) is 18.0. The molecule has 2 saturated heterocycles. The van der Waals surface area contributed by atoms with Crippen molar-refractivity contribution in [2.45, 2.75) is 38.7 Å². The quantitative estimate of drug-likeness (QED) is 0.524. The fraction of sp³-hybridized carbons (Fsp3) is 0.550. The molecule has 14 heteroatoms. The Kier molecular flexibility index (Phi) is 5.09. The molecule has 182 valence electrons. The normalized spacial score (nSPS) is 21.4. The van der Waals surface area contributed by atoms with E-state index in [4.69, 9.17) is 0 Å². The Bertz CT molecular complexity index is 1200. The Morgan fingerprint density at radius 1 is 0.912 bits per heavy atom. The number of aryl methyl sites for hydroxylation is 1. The Hall–Kier alpha value is -3.19. The molecule has 0 radical (unpaired) electrons. The van der Waals surface area contributed by atoms with Gasteiger partial charge < -0.3 is 9.80 Å². The van der Waals surface area contributed by atoms with Crippen LogP contribution < -0.4 is 9.80 Å². The van der Waals surface area contributed by atoms with Crippen LogP contribution in [0.25, 0.3) is 11.2 Å². The summed E-state index contributed by atoms with van der Waals surface area (Å²) in [5.74, 6) is -0.699. The van der Waals surface area contributed by atoms with E-state index < -0.39 is 24.7 Å². The first-order valence-corrected chi connectivity index (χ1v) is 10.6. The summed E-state index contributed by atoms with van der Waals surface area (Å²) in [6.07, 6.45) is -3.49. The number of alkyl halides is 6. The summed E-state index contributed by atoms with van der Waals surface area (Å²) < 4.78 is 77.9. The average molecular weight is 486 g/mol. The number of hydrogen-bond donors (Lipinski definition) is 0. The first kappa shape index (κ1) is 22.6. The molecule has 0 bridgehead atoms. The third kappa shape index (κ3) is 4.20. The van der Waals surface area contributed by atoms with Gasteiger partial charge in [0.1, 0.15) is 17.9 Å². The van der Waals surface area contributed by atoms with E-state index >= 15 is 0 Å². The van der Waals surface area contributed by atoms with Gasteiger partial charge in [-0.1, -0.05) is 0 Å². The first-order chi connectivity index (χ1) is 15.9. The highest BCUT2D eigenvalue weighted by Gasteiger charge is 2.44. The van der Waals surface area contributed by atoms with Crippen LogP contribution in [0.1, 0.15) is 24.4 Å². The minimum atomic E-state index is -4.59. The van der Waals surface area contributed by atoms with E-state index in [1.807, 2.05) is 9.80 Å². The van der Waals surface area contributed by atoms with Crippen molar-refractivity contribution < 1.29 is 26.3 Å². The molecule has 8 nitrogen and oxygen atoms in total. The number of halogens is 6. The van der Waals surface area contributed by atoms with Gasteiger partial charge in [-0.25, -0.2) is 24.6 Å². The van der Waals surface area contributed by atoms with Crippen LogP contribution in [-0.4, -0.2) is 62.1 Å². The van der Waals surface area contributed by atoms with Crippen LogP contribution >= 0.6 is 0 Å². The molecule has 3 aromatic rings. The summed E-state index contributed by atoms with van der Waals surface area (Å²) in [6.45, 7) is 2.85. The van der Waals surface area contributed by atoms with Crippen molar-refractivity contribution in [3.8, 4) is 0 Å². The number of rotatable bonds is 3. The second-order valence-corrected chi connectivity index (χ2v) is 8.86. The molecular weight excluding hydrogens is 466 g/mol. The summed E-state index contributed by atoms with van der Waals surface area (Å²) in [5, 5.41) is 3.94. The van der Waals surface area contributed by atoms with Gasteiger partial charge in [-0.2, -0.15) is 31.4 Å². The third-order valence-corrected chi connectivity index (χ3v) is 6.39. The Morgan fingerprint density at radius 3 is 2.21 bits per heavy atom. The van der Waals surface area contributed by atoms with Gasteiger partial charge in [0.2, 0.25) is 5.82 Å². The standard InChI is InChI=1S/C20H20F6N8/c1-12-15-16(34(31-12)11-19(21,22)23)30-14(8-27-15)33-5-3-18(10-33)2-4-32(9-18)13-6-28-17(29-7-13)20(24,25)26/h6-8H,2-5,9-11H2,1H3. The average Bonchev–Trinajstić information content (AvgIpc) is 3.45. The maximum absolute atomic E-state index is 12.9. The Morgan fingerprint density at radius 2 is 1.56 bits per heavy atom. The van der Waals surface area contributed by atoms with E-state index in [0.29, 0.717) is 48.9 Å². The molecule has 5 heterocycles. The van der Waals surface area contributed by atoms with Gasteiger partial charge in [0.15, 0.2) is 5.65 Å². The summed E-state index contributed by atoms with van der Waals surface area (Å²) >= 11 is 0. The van der Waals surface area contributed by atoms with Gasteiger partial charge in [0.25, 0.3) is 0 Å². The highest BCUT2D eigenvalue weighted by molar-refractivity contribution is 5.74. The molecule has 2 aliphatic rings. The monoisotopic (exact) mass is 486 g/mol. The molecule has 5 rings (SSSR count). The smallest absolute Gasteiger partial charge is 0.368 e. The molecule has 1 unspecified atom stereocenters. The van der Waals surface area contributed by atoms with Gasteiger partial charge >= 0.3 is 12.4 Å². The molecule has 0 amide bonds. The molecule has 2 fully saturated rings. The lowest BCUT2D eigenvalue weighted by molar-refractivity contribution is -0.145. The number of nitrogens with zero attached hydrogens (tertiary/aromatic N) is 8. The predicted molar refractivity (Wildman–Crippen MR) is 109 cm³/mol. The SMILES string of the molecule is Cc1nn(CC(F)(F)F)c2nc(N3CCC4(CCN(c5cnc(C(F)(F)F)nc5)C4)C3)cnc12. The third-order valence-electron chi connectivity index (χ3n) is 6.39. The van der Waals surface area contributed by atoms with Crippen molar-refractivity contribution in [2.75, 3.05) is 36.0 Å². The van der Waals surface area contributed by atoms with E-state index in [0.717, 1.165) is 17.5 Å². The molecule has 1 atom stereocenters. The van der Waals surface area contributed by atoms with Crippen LogP contribution in [0.15, 0.2) is 18.6 Å². The molecule has 0 saturated carbocycles. The molecular formula is C20H20F6N8. The van der Waals surface area contributed by atoms with Gasteiger partial charge in [0.05, 0.1) is 30.0 Å². The summed E-state index contributed by atoms with van der Waals surface area (Å²) in [6, 6.07) is 0. The summed E-state index contributed by atoms with van der Waals surface area (Å²) in [4.78, 5) is 19.6. The zero-order valence-electron chi connectivity index (χ0n) is 18.0. The summed E-state index contributed by atoms with van der Waals surface area (Å²) in [7, 11) is 0. The van der Waals surface area contributed by atoms with Crippen LogP contribution in [0.5, 0.6) is 0 Å². The Labute approximate surface area is 189 Å². The van der Waals surface area contributed by atoms with Gasteiger partial charge in [-0.3, -0.25) is 0 Å².